The second kappa shape index (κ2) is 6.23. The molecule has 1 atom stereocenters. The first kappa shape index (κ1) is 14.8. The van der Waals surface area contributed by atoms with Gasteiger partial charge in [-0.15, -0.1) is 11.8 Å². The van der Waals surface area contributed by atoms with E-state index in [1.54, 1.807) is 12.1 Å². The predicted molar refractivity (Wildman–Crippen MR) is 82.0 cm³/mol. The van der Waals surface area contributed by atoms with E-state index >= 15 is 0 Å². The van der Waals surface area contributed by atoms with Gasteiger partial charge in [-0.3, -0.25) is 4.79 Å². The number of halogens is 1. The molecule has 1 nitrogen and oxygen atoms in total. The molecule has 3 heteroatoms. The number of benzene rings is 2. The number of carbonyl (C=O) groups is 1. The van der Waals surface area contributed by atoms with E-state index < -0.39 is 0 Å². The van der Waals surface area contributed by atoms with Gasteiger partial charge in [0.05, 0.1) is 5.25 Å². The van der Waals surface area contributed by atoms with Crippen LogP contribution in [0.5, 0.6) is 0 Å². The van der Waals surface area contributed by atoms with Gasteiger partial charge in [0.15, 0.2) is 5.78 Å². The zero-order chi connectivity index (χ0) is 14.7. The van der Waals surface area contributed by atoms with Gasteiger partial charge in [0.1, 0.15) is 5.82 Å². The van der Waals surface area contributed by atoms with Crippen molar-refractivity contribution in [2.75, 3.05) is 0 Å². The molecule has 0 saturated heterocycles. The van der Waals surface area contributed by atoms with Crippen molar-refractivity contribution >= 4 is 17.5 Å². The molecule has 2 rings (SSSR count). The summed E-state index contributed by atoms with van der Waals surface area (Å²) in [6.07, 6.45) is 0. The molecule has 0 spiro atoms. The smallest absolute Gasteiger partial charge is 0.176 e. The zero-order valence-corrected chi connectivity index (χ0v) is 12.6. The van der Waals surface area contributed by atoms with Crippen LogP contribution in [0.1, 0.15) is 28.4 Å². The summed E-state index contributed by atoms with van der Waals surface area (Å²) < 4.78 is 12.9. The quantitative estimate of drug-likeness (QED) is 0.593. The summed E-state index contributed by atoms with van der Waals surface area (Å²) in [5.41, 5.74) is 2.84. The van der Waals surface area contributed by atoms with Crippen LogP contribution in [0.3, 0.4) is 0 Å². The summed E-state index contributed by atoms with van der Waals surface area (Å²) in [5.74, 6) is -0.150. The highest BCUT2D eigenvalue weighted by Gasteiger charge is 2.18. The average molecular weight is 288 g/mol. The molecule has 1 unspecified atom stereocenters. The lowest BCUT2D eigenvalue weighted by molar-refractivity contribution is 0.0993. The van der Waals surface area contributed by atoms with Crippen LogP contribution in [0.4, 0.5) is 4.39 Å². The fourth-order valence-electron chi connectivity index (χ4n) is 1.99. The van der Waals surface area contributed by atoms with Crippen molar-refractivity contribution in [3.8, 4) is 0 Å². The van der Waals surface area contributed by atoms with Gasteiger partial charge in [0, 0.05) is 10.5 Å². The van der Waals surface area contributed by atoms with E-state index in [1.807, 2.05) is 39.0 Å². The summed E-state index contributed by atoms with van der Waals surface area (Å²) in [6.45, 7) is 5.81. The Morgan fingerprint density at radius 1 is 1.10 bits per heavy atom. The number of rotatable bonds is 4. The highest BCUT2D eigenvalue weighted by atomic mass is 32.2. The highest BCUT2D eigenvalue weighted by molar-refractivity contribution is 8.00. The Balaban J connectivity index is 2.16. The number of thioether (sulfide) groups is 1. The van der Waals surface area contributed by atoms with Crippen LogP contribution < -0.4 is 0 Å². The first-order chi connectivity index (χ1) is 9.47. The lowest BCUT2D eigenvalue weighted by Gasteiger charge is -2.12. The third-order valence-corrected chi connectivity index (χ3v) is 4.27. The van der Waals surface area contributed by atoms with Crippen molar-refractivity contribution in [2.45, 2.75) is 30.9 Å². The first-order valence-corrected chi connectivity index (χ1v) is 7.39. The van der Waals surface area contributed by atoms with Crippen LogP contribution in [0.15, 0.2) is 47.4 Å². The van der Waals surface area contributed by atoms with Gasteiger partial charge < -0.3 is 0 Å². The molecule has 0 aliphatic carbocycles. The molecular formula is C17H17FOS. The maximum absolute atomic E-state index is 12.9. The normalized spacial score (nSPS) is 12.2. The van der Waals surface area contributed by atoms with Crippen molar-refractivity contribution in [1.29, 1.82) is 0 Å². The molecular weight excluding hydrogens is 271 g/mol. The summed E-state index contributed by atoms with van der Waals surface area (Å²) in [7, 11) is 0. The molecule has 0 aliphatic heterocycles. The number of hydrogen-bond acceptors (Lipinski definition) is 2. The van der Waals surface area contributed by atoms with E-state index in [0.29, 0.717) is 0 Å². The van der Waals surface area contributed by atoms with Crippen molar-refractivity contribution in [1.82, 2.24) is 0 Å². The third kappa shape index (κ3) is 3.48. The molecule has 104 valence electrons. The lowest BCUT2D eigenvalue weighted by atomic mass is 10.0. The molecule has 0 N–H and O–H groups in total. The minimum Gasteiger partial charge on any atom is -0.293 e. The number of aryl methyl sites for hydroxylation is 2. The first-order valence-electron chi connectivity index (χ1n) is 6.51. The second-order valence-electron chi connectivity index (χ2n) is 4.90. The molecule has 0 amide bonds. The van der Waals surface area contributed by atoms with Gasteiger partial charge in [0.2, 0.25) is 0 Å². The van der Waals surface area contributed by atoms with Gasteiger partial charge in [-0.1, -0.05) is 17.7 Å². The Kier molecular flexibility index (Phi) is 4.61. The Hall–Kier alpha value is -1.61. The maximum atomic E-state index is 12.9. The summed E-state index contributed by atoms with van der Waals surface area (Å²) in [6, 6.07) is 12.1. The van der Waals surface area contributed by atoms with E-state index in [9.17, 15) is 9.18 Å². The standard InChI is InChI=1S/C17H17FOS/c1-11-4-5-12(2)16(10-11)17(19)13(3)20-15-8-6-14(18)7-9-15/h4-10,13H,1-3H3. The van der Waals surface area contributed by atoms with E-state index in [2.05, 4.69) is 0 Å². The SMILES string of the molecule is Cc1ccc(C)c(C(=O)C(C)Sc2ccc(F)cc2)c1. The number of Topliss-reactive ketones (excluding diaryl/α,β-unsaturated/α-hetero) is 1. The van der Waals surface area contributed by atoms with Gasteiger partial charge in [-0.25, -0.2) is 4.39 Å². The fraction of sp³-hybridized carbons (Fsp3) is 0.235. The van der Waals surface area contributed by atoms with Crippen LogP contribution in [0.2, 0.25) is 0 Å². The maximum Gasteiger partial charge on any atom is 0.176 e. The van der Waals surface area contributed by atoms with E-state index in [4.69, 9.17) is 0 Å². The molecule has 0 aliphatic rings. The number of hydrogen-bond donors (Lipinski definition) is 0. The molecule has 20 heavy (non-hydrogen) atoms. The number of ketones is 1. The molecule has 2 aromatic rings. The molecule has 0 saturated carbocycles. The Labute approximate surface area is 123 Å². The number of carbonyl (C=O) groups excluding carboxylic acids is 1. The molecule has 2 aromatic carbocycles. The minimum atomic E-state index is -0.261. The van der Waals surface area contributed by atoms with Crippen LogP contribution in [-0.2, 0) is 0 Å². The van der Waals surface area contributed by atoms with E-state index in [-0.39, 0.29) is 16.9 Å². The topological polar surface area (TPSA) is 17.1 Å². The van der Waals surface area contributed by atoms with Gasteiger partial charge in [-0.2, -0.15) is 0 Å². The Morgan fingerprint density at radius 2 is 1.75 bits per heavy atom. The van der Waals surface area contributed by atoms with Crippen LogP contribution >= 0.6 is 11.8 Å². The molecule has 0 fully saturated rings. The van der Waals surface area contributed by atoms with Crippen molar-refractivity contribution in [2.24, 2.45) is 0 Å². The summed E-state index contributed by atoms with van der Waals surface area (Å²) in [4.78, 5) is 13.4. The monoisotopic (exact) mass is 288 g/mol. The van der Waals surface area contributed by atoms with Crippen LogP contribution in [-0.4, -0.2) is 11.0 Å². The van der Waals surface area contributed by atoms with Gasteiger partial charge in [0.25, 0.3) is 0 Å². The fourth-order valence-corrected chi connectivity index (χ4v) is 2.93. The third-order valence-electron chi connectivity index (χ3n) is 3.15. The van der Waals surface area contributed by atoms with Crippen molar-refractivity contribution < 1.29 is 9.18 Å². The molecule has 0 bridgehead atoms. The zero-order valence-electron chi connectivity index (χ0n) is 11.8. The van der Waals surface area contributed by atoms with Gasteiger partial charge in [-0.05, 0) is 56.7 Å². The molecule has 0 heterocycles. The Morgan fingerprint density at radius 3 is 2.40 bits per heavy atom. The predicted octanol–water partition coefficient (Wildman–Crippen LogP) is 4.81. The van der Waals surface area contributed by atoms with E-state index in [1.165, 1.54) is 23.9 Å². The molecule has 0 aromatic heterocycles. The molecule has 0 radical (unpaired) electrons. The summed E-state index contributed by atoms with van der Waals surface area (Å²) in [5, 5.41) is -0.194. The van der Waals surface area contributed by atoms with Gasteiger partial charge >= 0.3 is 0 Å². The minimum absolute atomic E-state index is 0.112. The summed E-state index contributed by atoms with van der Waals surface area (Å²) >= 11 is 1.45. The average Bonchev–Trinajstić information content (AvgIpc) is 2.43. The Bertz CT molecular complexity index is 619. The lowest BCUT2D eigenvalue weighted by Crippen LogP contribution is -2.15. The highest BCUT2D eigenvalue weighted by Crippen LogP contribution is 2.27. The second-order valence-corrected chi connectivity index (χ2v) is 6.31. The van der Waals surface area contributed by atoms with Crippen LogP contribution in [0, 0.1) is 19.7 Å². The largest absolute Gasteiger partial charge is 0.293 e. The van der Waals surface area contributed by atoms with E-state index in [0.717, 1.165) is 21.6 Å². The van der Waals surface area contributed by atoms with Crippen molar-refractivity contribution in [3.63, 3.8) is 0 Å². The van der Waals surface area contributed by atoms with Crippen LogP contribution in [0.25, 0.3) is 0 Å². The van der Waals surface area contributed by atoms with Crippen molar-refractivity contribution in [3.05, 3.63) is 65.0 Å².